The first-order chi connectivity index (χ1) is 7.58. The summed E-state index contributed by atoms with van der Waals surface area (Å²) in [4.78, 5) is 15.3. The normalized spacial score (nSPS) is 16.9. The Bertz CT molecular complexity index is 413. The number of rotatable bonds is 4. The van der Waals surface area contributed by atoms with Crippen molar-refractivity contribution >= 4 is 11.8 Å². The van der Waals surface area contributed by atoms with E-state index in [2.05, 4.69) is 17.2 Å². The second kappa shape index (κ2) is 4.12. The van der Waals surface area contributed by atoms with E-state index >= 15 is 0 Å². The summed E-state index contributed by atoms with van der Waals surface area (Å²) in [5.41, 5.74) is 1.08. The number of nitrogens with zero attached hydrogens (tertiary/aromatic N) is 1. The van der Waals surface area contributed by atoms with Crippen molar-refractivity contribution in [2.75, 3.05) is 5.32 Å². The average Bonchev–Trinajstić information content (AvgIpc) is 2.99. The third-order valence-corrected chi connectivity index (χ3v) is 2.96. The van der Waals surface area contributed by atoms with Gasteiger partial charge < -0.3 is 10.4 Å². The lowest BCUT2D eigenvalue weighted by molar-refractivity contribution is 0.0697. The van der Waals surface area contributed by atoms with Crippen LogP contribution in [0.2, 0.25) is 0 Å². The van der Waals surface area contributed by atoms with Crippen molar-refractivity contribution in [2.45, 2.75) is 32.7 Å². The Balaban J connectivity index is 2.22. The van der Waals surface area contributed by atoms with Crippen LogP contribution in [0.25, 0.3) is 0 Å². The molecule has 0 radical (unpaired) electrons. The number of carboxylic acid groups (broad SMARTS) is 1. The molecule has 1 aromatic heterocycles. The molecule has 4 heteroatoms. The summed E-state index contributed by atoms with van der Waals surface area (Å²) in [6, 6.07) is 3.62. The van der Waals surface area contributed by atoms with Crippen LogP contribution in [-0.4, -0.2) is 22.1 Å². The van der Waals surface area contributed by atoms with Gasteiger partial charge in [-0.1, -0.05) is 0 Å². The van der Waals surface area contributed by atoms with E-state index < -0.39 is 5.97 Å². The number of aromatic carboxylic acids is 1. The topological polar surface area (TPSA) is 62.2 Å². The highest BCUT2D eigenvalue weighted by atomic mass is 16.4. The molecule has 1 aromatic rings. The summed E-state index contributed by atoms with van der Waals surface area (Å²) in [7, 11) is 0. The zero-order valence-electron chi connectivity index (χ0n) is 9.53. The Labute approximate surface area is 94.7 Å². The van der Waals surface area contributed by atoms with Crippen LogP contribution in [0, 0.1) is 12.8 Å². The Kier molecular flexibility index (Phi) is 2.81. The number of hydrogen-bond acceptors (Lipinski definition) is 3. The Morgan fingerprint density at radius 1 is 1.56 bits per heavy atom. The summed E-state index contributed by atoms with van der Waals surface area (Å²) in [6.45, 7) is 3.94. The van der Waals surface area contributed by atoms with Gasteiger partial charge in [-0.2, -0.15) is 0 Å². The maximum atomic E-state index is 11.0. The highest BCUT2D eigenvalue weighted by Gasteiger charge is 2.28. The monoisotopic (exact) mass is 220 g/mol. The van der Waals surface area contributed by atoms with Crippen molar-refractivity contribution in [3.05, 3.63) is 23.4 Å². The zero-order valence-corrected chi connectivity index (χ0v) is 9.53. The Morgan fingerprint density at radius 2 is 2.25 bits per heavy atom. The van der Waals surface area contributed by atoms with E-state index in [1.807, 2.05) is 6.92 Å². The van der Waals surface area contributed by atoms with Crippen LogP contribution in [0.3, 0.4) is 0 Å². The second-order valence-electron chi connectivity index (χ2n) is 4.42. The molecular weight excluding hydrogens is 204 g/mol. The molecule has 0 spiro atoms. The first kappa shape index (κ1) is 10.9. The number of carboxylic acids is 1. The maximum Gasteiger partial charge on any atom is 0.339 e. The van der Waals surface area contributed by atoms with E-state index in [0.29, 0.717) is 17.8 Å². The molecule has 0 bridgehead atoms. The van der Waals surface area contributed by atoms with E-state index in [9.17, 15) is 4.79 Å². The van der Waals surface area contributed by atoms with Crippen LogP contribution in [0.1, 0.15) is 35.8 Å². The van der Waals surface area contributed by atoms with Crippen LogP contribution < -0.4 is 5.32 Å². The fourth-order valence-electron chi connectivity index (χ4n) is 1.77. The summed E-state index contributed by atoms with van der Waals surface area (Å²) in [6.07, 6.45) is 2.45. The van der Waals surface area contributed by atoms with Crippen LogP contribution >= 0.6 is 0 Å². The van der Waals surface area contributed by atoms with Crippen molar-refractivity contribution in [1.29, 1.82) is 0 Å². The lowest BCUT2D eigenvalue weighted by Gasteiger charge is -2.15. The molecule has 4 nitrogen and oxygen atoms in total. The van der Waals surface area contributed by atoms with Crippen molar-refractivity contribution in [3.8, 4) is 0 Å². The third kappa shape index (κ3) is 2.32. The quantitative estimate of drug-likeness (QED) is 0.817. The van der Waals surface area contributed by atoms with Crippen LogP contribution in [-0.2, 0) is 0 Å². The number of aryl methyl sites for hydroxylation is 1. The van der Waals surface area contributed by atoms with Crippen LogP contribution in [0.5, 0.6) is 0 Å². The SMILES string of the molecule is Cc1ccc(C(=O)O)c(NC(C)C2CC2)n1. The molecule has 0 aromatic carbocycles. The lowest BCUT2D eigenvalue weighted by Crippen LogP contribution is -2.20. The lowest BCUT2D eigenvalue weighted by atomic mass is 10.2. The van der Waals surface area contributed by atoms with Crippen molar-refractivity contribution < 1.29 is 9.90 Å². The van der Waals surface area contributed by atoms with Gasteiger partial charge in [-0.15, -0.1) is 0 Å². The fourth-order valence-corrected chi connectivity index (χ4v) is 1.77. The van der Waals surface area contributed by atoms with Crippen molar-refractivity contribution in [1.82, 2.24) is 4.98 Å². The van der Waals surface area contributed by atoms with Gasteiger partial charge in [0, 0.05) is 11.7 Å². The Morgan fingerprint density at radius 3 is 2.81 bits per heavy atom. The van der Waals surface area contributed by atoms with Crippen LogP contribution in [0.4, 0.5) is 5.82 Å². The Hall–Kier alpha value is -1.58. The molecule has 1 saturated carbocycles. The standard InChI is InChI=1S/C12H16N2O2/c1-7-3-6-10(12(15)16)11(13-7)14-8(2)9-4-5-9/h3,6,8-9H,4-5H2,1-2H3,(H,13,14)(H,15,16). The molecule has 2 rings (SSSR count). The minimum absolute atomic E-state index is 0.248. The molecule has 1 heterocycles. The molecule has 86 valence electrons. The predicted octanol–water partition coefficient (Wildman–Crippen LogP) is 2.30. The third-order valence-electron chi connectivity index (χ3n) is 2.96. The van der Waals surface area contributed by atoms with Crippen molar-refractivity contribution in [2.24, 2.45) is 5.92 Å². The highest BCUT2D eigenvalue weighted by molar-refractivity contribution is 5.93. The number of carbonyl (C=O) groups is 1. The van der Waals surface area contributed by atoms with Gasteiger partial charge in [-0.3, -0.25) is 0 Å². The average molecular weight is 220 g/mol. The van der Waals surface area contributed by atoms with E-state index in [1.54, 1.807) is 12.1 Å². The summed E-state index contributed by atoms with van der Waals surface area (Å²) < 4.78 is 0. The van der Waals surface area contributed by atoms with Gasteiger partial charge in [0.05, 0.1) is 0 Å². The molecule has 16 heavy (non-hydrogen) atoms. The number of aromatic nitrogens is 1. The van der Waals surface area contributed by atoms with Gasteiger partial charge in [0.15, 0.2) is 0 Å². The fraction of sp³-hybridized carbons (Fsp3) is 0.500. The second-order valence-corrected chi connectivity index (χ2v) is 4.42. The highest BCUT2D eigenvalue weighted by Crippen LogP contribution is 2.34. The maximum absolute atomic E-state index is 11.0. The van der Waals surface area contributed by atoms with E-state index in [0.717, 1.165) is 5.69 Å². The van der Waals surface area contributed by atoms with Gasteiger partial charge in [-0.05, 0) is 44.7 Å². The van der Waals surface area contributed by atoms with Gasteiger partial charge in [-0.25, -0.2) is 9.78 Å². The van der Waals surface area contributed by atoms with E-state index in [-0.39, 0.29) is 5.56 Å². The van der Waals surface area contributed by atoms with Gasteiger partial charge in [0.25, 0.3) is 0 Å². The van der Waals surface area contributed by atoms with Gasteiger partial charge >= 0.3 is 5.97 Å². The van der Waals surface area contributed by atoms with Gasteiger partial charge in [0.1, 0.15) is 11.4 Å². The number of nitrogens with one attached hydrogen (secondary N) is 1. The smallest absolute Gasteiger partial charge is 0.339 e. The van der Waals surface area contributed by atoms with E-state index in [4.69, 9.17) is 5.11 Å². The molecule has 0 amide bonds. The number of hydrogen-bond donors (Lipinski definition) is 2. The molecule has 1 unspecified atom stereocenters. The summed E-state index contributed by atoms with van der Waals surface area (Å²) >= 11 is 0. The molecule has 2 N–H and O–H groups in total. The van der Waals surface area contributed by atoms with Crippen molar-refractivity contribution in [3.63, 3.8) is 0 Å². The largest absolute Gasteiger partial charge is 0.478 e. The first-order valence-electron chi connectivity index (χ1n) is 5.55. The summed E-state index contributed by atoms with van der Waals surface area (Å²) in [5.74, 6) is 0.230. The predicted molar refractivity (Wildman–Crippen MR) is 61.7 cm³/mol. The summed E-state index contributed by atoms with van der Waals surface area (Å²) in [5, 5.41) is 12.2. The van der Waals surface area contributed by atoms with Crippen LogP contribution in [0.15, 0.2) is 12.1 Å². The molecule has 1 fully saturated rings. The number of pyridine rings is 1. The minimum atomic E-state index is -0.932. The minimum Gasteiger partial charge on any atom is -0.478 e. The molecule has 1 aliphatic carbocycles. The van der Waals surface area contributed by atoms with E-state index in [1.165, 1.54) is 12.8 Å². The zero-order chi connectivity index (χ0) is 11.7. The molecule has 1 atom stereocenters. The first-order valence-corrected chi connectivity index (χ1v) is 5.55. The van der Waals surface area contributed by atoms with Gasteiger partial charge in [0.2, 0.25) is 0 Å². The molecule has 0 aliphatic heterocycles. The molecular formula is C12H16N2O2. The molecule has 0 saturated heterocycles. The number of anilines is 1. The molecule has 1 aliphatic rings.